The van der Waals surface area contributed by atoms with Crippen molar-refractivity contribution in [2.45, 2.75) is 52.8 Å². The van der Waals surface area contributed by atoms with Crippen LogP contribution in [0.1, 0.15) is 43.6 Å². The number of hydrogen-bond acceptors (Lipinski definition) is 3. The zero-order valence-electron chi connectivity index (χ0n) is 12.8. The molecule has 0 amide bonds. The number of hydrogen-bond donors (Lipinski definition) is 3. The van der Waals surface area contributed by atoms with Gasteiger partial charge in [0.2, 0.25) is 0 Å². The molecule has 0 saturated carbocycles. The highest BCUT2D eigenvalue weighted by Gasteiger charge is 2.27. The van der Waals surface area contributed by atoms with Gasteiger partial charge in [-0.2, -0.15) is 0 Å². The molecule has 3 unspecified atom stereocenters. The Kier molecular flexibility index (Phi) is 5.72. The van der Waals surface area contributed by atoms with Crippen LogP contribution in [0.4, 0.5) is 0 Å². The largest absolute Gasteiger partial charge is 0.480 e. The molecule has 0 radical (unpaired) electrons. The van der Waals surface area contributed by atoms with Crippen LogP contribution < -0.4 is 5.32 Å². The van der Waals surface area contributed by atoms with E-state index in [0.717, 1.165) is 11.1 Å². The van der Waals surface area contributed by atoms with Gasteiger partial charge in [0.05, 0.1) is 6.10 Å². The van der Waals surface area contributed by atoms with Crippen molar-refractivity contribution >= 4 is 5.97 Å². The molecule has 1 rings (SSSR count). The molecule has 0 saturated heterocycles. The summed E-state index contributed by atoms with van der Waals surface area (Å²) in [6, 6.07) is 4.84. The van der Waals surface area contributed by atoms with Crippen LogP contribution in [0.25, 0.3) is 0 Å². The minimum atomic E-state index is -0.914. The van der Waals surface area contributed by atoms with Crippen LogP contribution in [0.5, 0.6) is 0 Å². The van der Waals surface area contributed by atoms with E-state index in [0.29, 0.717) is 0 Å². The van der Waals surface area contributed by atoms with Crippen LogP contribution in [0, 0.1) is 19.8 Å². The fourth-order valence-electron chi connectivity index (χ4n) is 2.16. The van der Waals surface area contributed by atoms with Gasteiger partial charge in [0.15, 0.2) is 0 Å². The Balaban J connectivity index is 2.96. The molecule has 4 heteroatoms. The second kappa shape index (κ2) is 6.86. The summed E-state index contributed by atoms with van der Waals surface area (Å²) in [5, 5.41) is 22.5. The van der Waals surface area contributed by atoms with Gasteiger partial charge in [-0.25, -0.2) is 0 Å². The molecule has 112 valence electrons. The van der Waals surface area contributed by atoms with Crippen LogP contribution >= 0.6 is 0 Å². The van der Waals surface area contributed by atoms with Gasteiger partial charge in [0.25, 0.3) is 0 Å². The van der Waals surface area contributed by atoms with Crippen molar-refractivity contribution in [3.63, 3.8) is 0 Å². The van der Waals surface area contributed by atoms with Crippen molar-refractivity contribution in [2.75, 3.05) is 0 Å². The average molecular weight is 279 g/mol. The number of aliphatic hydroxyl groups excluding tert-OH is 1. The first kappa shape index (κ1) is 16.7. The maximum absolute atomic E-state index is 11.0. The Morgan fingerprint density at radius 1 is 1.15 bits per heavy atom. The highest BCUT2D eigenvalue weighted by Crippen LogP contribution is 2.24. The SMILES string of the molecule is Cc1ccc(C(O)C(NC(C)C(=O)O)C(C)C)cc1C. The molecule has 0 aliphatic carbocycles. The molecule has 0 spiro atoms. The molecular formula is C16H25NO3. The topological polar surface area (TPSA) is 69.6 Å². The number of carbonyl (C=O) groups is 1. The van der Waals surface area contributed by atoms with E-state index in [1.165, 1.54) is 5.56 Å². The number of carboxylic acid groups (broad SMARTS) is 1. The summed E-state index contributed by atoms with van der Waals surface area (Å²) in [6.45, 7) is 9.55. The molecule has 20 heavy (non-hydrogen) atoms. The van der Waals surface area contributed by atoms with Crippen LogP contribution in [0.3, 0.4) is 0 Å². The number of carboxylic acids is 1. The summed E-state index contributed by atoms with van der Waals surface area (Å²) in [4.78, 5) is 11.0. The minimum absolute atomic E-state index is 0.119. The molecule has 0 aromatic heterocycles. The molecule has 0 aliphatic heterocycles. The summed E-state index contributed by atoms with van der Waals surface area (Å²) in [6.07, 6.45) is -0.726. The lowest BCUT2D eigenvalue weighted by Crippen LogP contribution is -2.47. The van der Waals surface area contributed by atoms with Gasteiger partial charge in [0, 0.05) is 6.04 Å². The van der Waals surface area contributed by atoms with Crippen molar-refractivity contribution in [2.24, 2.45) is 5.92 Å². The molecule has 1 aromatic carbocycles. The molecule has 0 aliphatic rings. The van der Waals surface area contributed by atoms with Crippen molar-refractivity contribution in [1.82, 2.24) is 5.32 Å². The second-order valence-electron chi connectivity index (χ2n) is 5.78. The Bertz CT molecular complexity index is 471. The first-order valence-electron chi connectivity index (χ1n) is 6.98. The molecule has 0 heterocycles. The van der Waals surface area contributed by atoms with E-state index in [9.17, 15) is 9.90 Å². The Labute approximate surface area is 120 Å². The number of aryl methyl sites for hydroxylation is 2. The molecule has 4 nitrogen and oxygen atoms in total. The highest BCUT2D eigenvalue weighted by molar-refractivity contribution is 5.72. The van der Waals surface area contributed by atoms with E-state index in [-0.39, 0.29) is 12.0 Å². The first-order chi connectivity index (χ1) is 9.23. The van der Waals surface area contributed by atoms with E-state index in [1.807, 2.05) is 45.9 Å². The molecule has 1 aromatic rings. The van der Waals surface area contributed by atoms with Crippen LogP contribution in [-0.4, -0.2) is 28.3 Å². The number of aliphatic hydroxyl groups is 1. The molecule has 3 N–H and O–H groups in total. The van der Waals surface area contributed by atoms with Crippen molar-refractivity contribution in [3.05, 3.63) is 34.9 Å². The van der Waals surface area contributed by atoms with Crippen LogP contribution in [-0.2, 0) is 4.79 Å². The van der Waals surface area contributed by atoms with E-state index in [1.54, 1.807) is 6.92 Å². The van der Waals surface area contributed by atoms with Gasteiger partial charge in [-0.15, -0.1) is 0 Å². The van der Waals surface area contributed by atoms with E-state index < -0.39 is 18.1 Å². The summed E-state index contributed by atoms with van der Waals surface area (Å²) in [7, 11) is 0. The van der Waals surface area contributed by atoms with Gasteiger partial charge in [-0.05, 0) is 43.4 Å². The maximum Gasteiger partial charge on any atom is 0.320 e. The fraction of sp³-hybridized carbons (Fsp3) is 0.562. The Morgan fingerprint density at radius 3 is 2.20 bits per heavy atom. The van der Waals surface area contributed by atoms with Gasteiger partial charge < -0.3 is 10.2 Å². The standard InChI is InChI=1S/C16H25NO3/c1-9(2)14(17-12(5)16(19)20)15(18)13-7-6-10(3)11(4)8-13/h6-9,12,14-15,17-18H,1-5H3,(H,19,20). The number of rotatable bonds is 6. The lowest BCUT2D eigenvalue weighted by atomic mass is 9.91. The number of nitrogens with one attached hydrogen (secondary N) is 1. The first-order valence-corrected chi connectivity index (χ1v) is 6.98. The Morgan fingerprint density at radius 2 is 1.75 bits per heavy atom. The summed E-state index contributed by atoms with van der Waals surface area (Å²) in [5.41, 5.74) is 3.11. The van der Waals surface area contributed by atoms with Gasteiger partial charge in [0.1, 0.15) is 6.04 Å². The van der Waals surface area contributed by atoms with E-state index in [4.69, 9.17) is 5.11 Å². The minimum Gasteiger partial charge on any atom is -0.480 e. The van der Waals surface area contributed by atoms with Crippen molar-refractivity contribution < 1.29 is 15.0 Å². The zero-order valence-corrected chi connectivity index (χ0v) is 12.8. The van der Waals surface area contributed by atoms with Crippen LogP contribution in [0.2, 0.25) is 0 Å². The summed E-state index contributed by atoms with van der Waals surface area (Å²) >= 11 is 0. The molecular weight excluding hydrogens is 254 g/mol. The van der Waals surface area contributed by atoms with Gasteiger partial charge >= 0.3 is 5.97 Å². The smallest absolute Gasteiger partial charge is 0.320 e. The predicted molar refractivity (Wildman–Crippen MR) is 79.7 cm³/mol. The number of aliphatic carboxylic acids is 1. The predicted octanol–water partition coefficient (Wildman–Crippen LogP) is 2.42. The summed E-state index contributed by atoms with van der Waals surface area (Å²) < 4.78 is 0. The molecule has 0 fully saturated rings. The summed E-state index contributed by atoms with van der Waals surface area (Å²) in [5.74, 6) is -0.795. The second-order valence-corrected chi connectivity index (χ2v) is 5.78. The van der Waals surface area contributed by atoms with E-state index in [2.05, 4.69) is 5.32 Å². The van der Waals surface area contributed by atoms with Gasteiger partial charge in [-0.1, -0.05) is 32.0 Å². The average Bonchev–Trinajstić information content (AvgIpc) is 2.37. The monoisotopic (exact) mass is 279 g/mol. The van der Waals surface area contributed by atoms with Crippen molar-refractivity contribution in [3.8, 4) is 0 Å². The van der Waals surface area contributed by atoms with E-state index >= 15 is 0 Å². The quantitative estimate of drug-likeness (QED) is 0.748. The third kappa shape index (κ3) is 4.05. The molecule has 0 bridgehead atoms. The lowest BCUT2D eigenvalue weighted by Gasteiger charge is -2.30. The Hall–Kier alpha value is -1.39. The van der Waals surface area contributed by atoms with Crippen molar-refractivity contribution in [1.29, 1.82) is 0 Å². The van der Waals surface area contributed by atoms with Gasteiger partial charge in [-0.3, -0.25) is 10.1 Å². The fourth-order valence-corrected chi connectivity index (χ4v) is 2.16. The number of benzene rings is 1. The third-order valence-corrected chi connectivity index (χ3v) is 3.74. The maximum atomic E-state index is 11.0. The zero-order chi connectivity index (χ0) is 15.4. The third-order valence-electron chi connectivity index (χ3n) is 3.74. The van der Waals surface area contributed by atoms with Crippen LogP contribution in [0.15, 0.2) is 18.2 Å². The normalized spacial score (nSPS) is 15.9. The lowest BCUT2D eigenvalue weighted by molar-refractivity contribution is -0.139. The highest BCUT2D eigenvalue weighted by atomic mass is 16.4. The molecule has 3 atom stereocenters.